The van der Waals surface area contributed by atoms with E-state index in [1.165, 1.54) is 0 Å². The van der Waals surface area contributed by atoms with Crippen LogP contribution >= 0.6 is 0 Å². The summed E-state index contributed by atoms with van der Waals surface area (Å²) in [5.41, 5.74) is 3.57. The van der Waals surface area contributed by atoms with Crippen molar-refractivity contribution in [2.75, 3.05) is 19.8 Å². The highest BCUT2D eigenvalue weighted by atomic mass is 16.5. The van der Waals surface area contributed by atoms with Crippen LogP contribution in [0.3, 0.4) is 0 Å². The molecule has 0 fully saturated rings. The lowest BCUT2D eigenvalue weighted by Crippen LogP contribution is -2.06. The minimum Gasteiger partial charge on any atom is -0.491 e. The van der Waals surface area contributed by atoms with Crippen LogP contribution < -0.4 is 4.74 Å². The highest BCUT2D eigenvalue weighted by molar-refractivity contribution is 5.64. The van der Waals surface area contributed by atoms with Crippen LogP contribution in [0.2, 0.25) is 0 Å². The monoisotopic (exact) mass is 276 g/mol. The molecule has 0 atom stereocenters. The fourth-order valence-corrected chi connectivity index (χ4v) is 1.94. The van der Waals surface area contributed by atoms with Crippen molar-refractivity contribution < 1.29 is 14.6 Å². The zero-order valence-electron chi connectivity index (χ0n) is 11.8. The molecule has 2 rings (SSSR count). The molecule has 0 saturated carbocycles. The average molecular weight is 276 g/mol. The van der Waals surface area contributed by atoms with Crippen molar-refractivity contribution in [3.63, 3.8) is 0 Å². The van der Waals surface area contributed by atoms with Crippen LogP contribution in [0.4, 0.5) is 0 Å². The first-order valence-corrected chi connectivity index (χ1v) is 6.72. The second-order valence-electron chi connectivity index (χ2n) is 4.40. The normalized spacial score (nSPS) is 10.8. The number of aliphatic hydroxyl groups excluding tert-OH is 1. The van der Waals surface area contributed by atoms with Crippen molar-refractivity contribution in [3.05, 3.63) is 35.5 Å². The van der Waals surface area contributed by atoms with Gasteiger partial charge in [-0.05, 0) is 38.1 Å². The third-order valence-corrected chi connectivity index (χ3v) is 3.10. The topological polar surface area (TPSA) is 67.4 Å². The summed E-state index contributed by atoms with van der Waals surface area (Å²) in [5, 5.41) is 16.2. The van der Waals surface area contributed by atoms with Crippen LogP contribution in [0.25, 0.3) is 11.3 Å². The van der Waals surface area contributed by atoms with Crippen LogP contribution in [0.1, 0.15) is 18.2 Å². The van der Waals surface area contributed by atoms with Crippen LogP contribution in [0.5, 0.6) is 5.75 Å². The van der Waals surface area contributed by atoms with Gasteiger partial charge in [-0.15, -0.1) is 0 Å². The van der Waals surface area contributed by atoms with Crippen LogP contribution in [-0.4, -0.2) is 35.1 Å². The number of H-pyrrole nitrogens is 1. The summed E-state index contributed by atoms with van der Waals surface area (Å²) in [7, 11) is 0. The second-order valence-corrected chi connectivity index (χ2v) is 4.40. The van der Waals surface area contributed by atoms with Crippen molar-refractivity contribution >= 4 is 0 Å². The van der Waals surface area contributed by atoms with Gasteiger partial charge in [0.05, 0.1) is 24.6 Å². The van der Waals surface area contributed by atoms with Gasteiger partial charge in [0.1, 0.15) is 12.4 Å². The predicted molar refractivity (Wildman–Crippen MR) is 76.7 cm³/mol. The minimum absolute atomic E-state index is 0.0303. The first-order valence-electron chi connectivity index (χ1n) is 6.72. The number of benzene rings is 1. The summed E-state index contributed by atoms with van der Waals surface area (Å²) in [4.78, 5) is 0. The van der Waals surface area contributed by atoms with Crippen molar-refractivity contribution in [1.29, 1.82) is 0 Å². The third-order valence-electron chi connectivity index (χ3n) is 3.10. The van der Waals surface area contributed by atoms with Gasteiger partial charge >= 0.3 is 0 Å². The molecule has 0 unspecified atom stereocenters. The molecule has 2 N–H and O–H groups in total. The number of nitrogens with zero attached hydrogens (tertiary/aromatic N) is 1. The molecule has 0 amide bonds. The Bertz CT molecular complexity index is 535. The number of hydrogen-bond donors (Lipinski definition) is 2. The molecule has 0 aliphatic heterocycles. The van der Waals surface area contributed by atoms with E-state index in [9.17, 15) is 0 Å². The van der Waals surface area contributed by atoms with Gasteiger partial charge in [0.2, 0.25) is 0 Å². The van der Waals surface area contributed by atoms with E-state index < -0.39 is 0 Å². The van der Waals surface area contributed by atoms with E-state index in [-0.39, 0.29) is 6.61 Å². The first kappa shape index (κ1) is 14.6. The van der Waals surface area contributed by atoms with E-state index in [0.717, 1.165) is 28.3 Å². The zero-order chi connectivity index (χ0) is 14.4. The molecule has 0 aliphatic rings. The van der Waals surface area contributed by atoms with Gasteiger partial charge < -0.3 is 14.6 Å². The van der Waals surface area contributed by atoms with Gasteiger partial charge in [0.15, 0.2) is 0 Å². The lowest BCUT2D eigenvalue weighted by atomic mass is 10.1. The van der Waals surface area contributed by atoms with E-state index in [1.807, 2.05) is 38.1 Å². The number of hydrogen-bond acceptors (Lipinski definition) is 4. The summed E-state index contributed by atoms with van der Waals surface area (Å²) in [6.07, 6.45) is 0. The van der Waals surface area contributed by atoms with Gasteiger partial charge in [-0.1, -0.05) is 0 Å². The number of rotatable bonds is 7. The first-order chi connectivity index (χ1) is 9.76. The maximum atomic E-state index is 9.16. The Labute approximate surface area is 118 Å². The molecule has 1 aromatic carbocycles. The molecule has 1 aromatic heterocycles. The Morgan fingerprint density at radius 1 is 1.20 bits per heavy atom. The molecule has 0 bridgehead atoms. The number of aromatic nitrogens is 2. The van der Waals surface area contributed by atoms with E-state index in [1.54, 1.807) is 0 Å². The number of nitrogens with one attached hydrogen (secondary N) is 1. The van der Waals surface area contributed by atoms with Crippen molar-refractivity contribution in [2.45, 2.75) is 20.5 Å². The average Bonchev–Trinajstić information content (AvgIpc) is 2.85. The number of aromatic amines is 1. The highest BCUT2D eigenvalue weighted by Crippen LogP contribution is 2.25. The smallest absolute Gasteiger partial charge is 0.119 e. The minimum atomic E-state index is -0.0303. The van der Waals surface area contributed by atoms with Crippen molar-refractivity contribution in [2.24, 2.45) is 0 Å². The Balaban J connectivity index is 2.02. The molecule has 5 nitrogen and oxygen atoms in total. The molecular formula is C15H20N2O3. The standard InChI is InChI=1S/C15H20N2O3/c1-3-19-8-9-20-13-6-4-12(5-7-13)15-11(2)14(10-18)16-17-15/h4-7,18H,3,8-10H2,1-2H3,(H,16,17). The molecule has 5 heteroatoms. The van der Waals surface area contributed by atoms with Gasteiger partial charge in [-0.3, -0.25) is 5.10 Å². The summed E-state index contributed by atoms with van der Waals surface area (Å²) < 4.78 is 10.8. The Morgan fingerprint density at radius 3 is 2.55 bits per heavy atom. The summed E-state index contributed by atoms with van der Waals surface area (Å²) in [6.45, 7) is 5.71. The van der Waals surface area contributed by atoms with E-state index in [4.69, 9.17) is 14.6 Å². The second kappa shape index (κ2) is 7.07. The van der Waals surface area contributed by atoms with Crippen LogP contribution in [0.15, 0.2) is 24.3 Å². The molecule has 0 spiro atoms. The SMILES string of the molecule is CCOCCOc1ccc(-c2n[nH]c(CO)c2C)cc1. The van der Waals surface area contributed by atoms with Gasteiger partial charge in [-0.25, -0.2) is 0 Å². The molecule has 0 radical (unpaired) electrons. The van der Waals surface area contributed by atoms with Crippen LogP contribution in [-0.2, 0) is 11.3 Å². The highest BCUT2D eigenvalue weighted by Gasteiger charge is 2.10. The molecule has 0 aliphatic carbocycles. The lowest BCUT2D eigenvalue weighted by Gasteiger charge is -2.07. The number of aliphatic hydroxyl groups is 1. The van der Waals surface area contributed by atoms with Crippen molar-refractivity contribution in [3.8, 4) is 17.0 Å². The lowest BCUT2D eigenvalue weighted by molar-refractivity contribution is 0.110. The molecular weight excluding hydrogens is 256 g/mol. The van der Waals surface area contributed by atoms with Crippen LogP contribution in [0, 0.1) is 6.92 Å². The maximum Gasteiger partial charge on any atom is 0.119 e. The summed E-state index contributed by atoms with van der Waals surface area (Å²) in [5.74, 6) is 0.809. The Kier molecular flexibility index (Phi) is 5.15. The fraction of sp³-hybridized carbons (Fsp3) is 0.400. The van der Waals surface area contributed by atoms with E-state index >= 15 is 0 Å². The summed E-state index contributed by atoms with van der Waals surface area (Å²) >= 11 is 0. The van der Waals surface area contributed by atoms with E-state index in [2.05, 4.69) is 10.2 Å². The van der Waals surface area contributed by atoms with Crippen molar-refractivity contribution in [1.82, 2.24) is 10.2 Å². The molecule has 1 heterocycles. The molecule has 108 valence electrons. The largest absolute Gasteiger partial charge is 0.491 e. The molecule has 2 aromatic rings. The fourth-order valence-electron chi connectivity index (χ4n) is 1.94. The van der Waals surface area contributed by atoms with Gasteiger partial charge in [-0.2, -0.15) is 5.10 Å². The Hall–Kier alpha value is -1.85. The Morgan fingerprint density at radius 2 is 1.95 bits per heavy atom. The molecule has 0 saturated heterocycles. The van der Waals surface area contributed by atoms with Gasteiger partial charge in [0.25, 0.3) is 0 Å². The zero-order valence-corrected chi connectivity index (χ0v) is 11.8. The predicted octanol–water partition coefficient (Wildman–Crippen LogP) is 2.29. The number of ether oxygens (including phenoxy) is 2. The maximum absolute atomic E-state index is 9.16. The third kappa shape index (κ3) is 3.37. The van der Waals surface area contributed by atoms with E-state index in [0.29, 0.717) is 19.8 Å². The quantitative estimate of drug-likeness (QED) is 0.761. The summed E-state index contributed by atoms with van der Waals surface area (Å²) in [6, 6.07) is 7.74. The van der Waals surface area contributed by atoms with Gasteiger partial charge in [0, 0.05) is 17.7 Å². The molecule has 20 heavy (non-hydrogen) atoms.